The van der Waals surface area contributed by atoms with E-state index in [1.54, 1.807) is 0 Å². The van der Waals surface area contributed by atoms with Gasteiger partial charge in [-0.15, -0.1) is 0 Å². The number of aromatic nitrogens is 2. The zero-order valence-corrected chi connectivity index (χ0v) is 9.19. The monoisotopic (exact) mass is 211 g/mol. The van der Waals surface area contributed by atoms with Crippen molar-refractivity contribution in [2.24, 2.45) is 5.73 Å². The van der Waals surface area contributed by atoms with E-state index < -0.39 is 0 Å². The summed E-state index contributed by atoms with van der Waals surface area (Å²) in [6.45, 7) is 5.21. The second kappa shape index (κ2) is 3.90. The van der Waals surface area contributed by atoms with Crippen LogP contribution in [0.25, 0.3) is 0 Å². The van der Waals surface area contributed by atoms with Crippen molar-refractivity contribution in [3.8, 4) is 0 Å². The molecule has 1 aliphatic rings. The van der Waals surface area contributed by atoms with Gasteiger partial charge in [0.2, 0.25) is 5.89 Å². The number of nitrogens with zero attached hydrogens (tertiary/aromatic N) is 2. The van der Waals surface area contributed by atoms with E-state index in [1.165, 1.54) is 0 Å². The normalized spacial score (nSPS) is 31.0. The molecular formula is C10H17N3O2. The largest absolute Gasteiger partial charge is 0.379 e. The Morgan fingerprint density at radius 3 is 3.00 bits per heavy atom. The molecule has 0 saturated carbocycles. The lowest BCUT2D eigenvalue weighted by Gasteiger charge is -2.21. The summed E-state index contributed by atoms with van der Waals surface area (Å²) in [5.74, 6) is 1.36. The molecule has 0 aliphatic carbocycles. The lowest BCUT2D eigenvalue weighted by atomic mass is 9.86. The predicted octanol–water partition coefficient (Wildman–Crippen LogP) is 0.637. The van der Waals surface area contributed by atoms with Crippen molar-refractivity contribution in [3.63, 3.8) is 0 Å². The number of aryl methyl sites for hydroxylation is 1. The minimum absolute atomic E-state index is 0.0626. The maximum absolute atomic E-state index is 5.98. The lowest BCUT2D eigenvalue weighted by molar-refractivity contribution is 0.169. The van der Waals surface area contributed by atoms with E-state index in [0.29, 0.717) is 19.1 Å². The van der Waals surface area contributed by atoms with Gasteiger partial charge in [0.1, 0.15) is 0 Å². The minimum atomic E-state index is -0.320. The van der Waals surface area contributed by atoms with Crippen LogP contribution in [0.3, 0.4) is 0 Å². The molecular weight excluding hydrogens is 194 g/mol. The van der Waals surface area contributed by atoms with E-state index in [1.807, 2.05) is 6.92 Å². The lowest BCUT2D eigenvalue weighted by Crippen LogP contribution is -2.42. The molecule has 1 aromatic rings. The second-order valence-electron chi connectivity index (χ2n) is 4.30. The van der Waals surface area contributed by atoms with E-state index in [9.17, 15) is 0 Å². The van der Waals surface area contributed by atoms with Crippen LogP contribution < -0.4 is 5.73 Å². The third-order valence-electron chi connectivity index (χ3n) is 2.95. The molecule has 2 unspecified atom stereocenters. The summed E-state index contributed by atoms with van der Waals surface area (Å²) in [4.78, 5) is 4.37. The third kappa shape index (κ3) is 1.77. The van der Waals surface area contributed by atoms with Gasteiger partial charge in [-0.05, 0) is 13.3 Å². The first-order valence-electron chi connectivity index (χ1n) is 5.33. The van der Waals surface area contributed by atoms with Crippen LogP contribution in [-0.4, -0.2) is 29.4 Å². The molecule has 2 rings (SSSR count). The van der Waals surface area contributed by atoms with Crippen LogP contribution in [0.2, 0.25) is 0 Å². The summed E-state index contributed by atoms with van der Waals surface area (Å²) in [6, 6.07) is -0.0626. The van der Waals surface area contributed by atoms with Crippen LogP contribution in [0.5, 0.6) is 0 Å². The highest BCUT2D eigenvalue weighted by Gasteiger charge is 2.44. The van der Waals surface area contributed by atoms with Crippen LogP contribution in [0.15, 0.2) is 4.52 Å². The van der Waals surface area contributed by atoms with Crippen LogP contribution in [0.4, 0.5) is 0 Å². The summed E-state index contributed by atoms with van der Waals surface area (Å²) in [5, 5.41) is 3.93. The summed E-state index contributed by atoms with van der Waals surface area (Å²) < 4.78 is 10.6. The van der Waals surface area contributed by atoms with Gasteiger partial charge in [-0.25, -0.2) is 0 Å². The molecule has 2 heterocycles. The van der Waals surface area contributed by atoms with Gasteiger partial charge in [0, 0.05) is 12.5 Å². The standard InChI is InChI=1S/C10H17N3O2/c1-3-4-8-12-9(15-13-8)10(2)6-14-5-7(10)11/h7H,3-6,11H2,1-2H3. The Hall–Kier alpha value is -0.940. The van der Waals surface area contributed by atoms with Gasteiger partial charge in [-0.3, -0.25) is 0 Å². The number of nitrogens with two attached hydrogens (primary N) is 1. The fraction of sp³-hybridized carbons (Fsp3) is 0.800. The summed E-state index contributed by atoms with van der Waals surface area (Å²) in [7, 11) is 0. The Morgan fingerprint density at radius 1 is 1.60 bits per heavy atom. The first-order chi connectivity index (χ1) is 7.16. The van der Waals surface area contributed by atoms with E-state index in [4.69, 9.17) is 15.0 Å². The number of hydrogen-bond acceptors (Lipinski definition) is 5. The molecule has 0 aromatic carbocycles. The number of rotatable bonds is 3. The van der Waals surface area contributed by atoms with Crippen LogP contribution >= 0.6 is 0 Å². The number of ether oxygens (including phenoxy) is 1. The molecule has 5 nitrogen and oxygen atoms in total. The zero-order valence-electron chi connectivity index (χ0n) is 9.19. The summed E-state index contributed by atoms with van der Waals surface area (Å²) in [6.07, 6.45) is 1.86. The number of hydrogen-bond donors (Lipinski definition) is 1. The Kier molecular flexibility index (Phi) is 2.75. The molecule has 0 spiro atoms. The van der Waals surface area contributed by atoms with E-state index >= 15 is 0 Å². The molecule has 2 atom stereocenters. The van der Waals surface area contributed by atoms with Crippen LogP contribution in [0, 0.1) is 0 Å². The Labute approximate surface area is 89.0 Å². The molecule has 15 heavy (non-hydrogen) atoms. The van der Waals surface area contributed by atoms with E-state index in [0.717, 1.165) is 18.7 Å². The van der Waals surface area contributed by atoms with Gasteiger partial charge < -0.3 is 15.0 Å². The molecule has 5 heteroatoms. The van der Waals surface area contributed by atoms with Gasteiger partial charge in [0.15, 0.2) is 5.82 Å². The fourth-order valence-electron chi connectivity index (χ4n) is 1.72. The zero-order chi connectivity index (χ0) is 10.9. The maximum Gasteiger partial charge on any atom is 0.236 e. The van der Waals surface area contributed by atoms with Crippen molar-refractivity contribution in [1.29, 1.82) is 0 Å². The Morgan fingerprint density at radius 2 is 2.40 bits per heavy atom. The van der Waals surface area contributed by atoms with E-state index in [2.05, 4.69) is 17.1 Å². The topological polar surface area (TPSA) is 74.2 Å². The molecule has 1 aliphatic heterocycles. The molecule has 0 radical (unpaired) electrons. The quantitative estimate of drug-likeness (QED) is 0.794. The third-order valence-corrected chi connectivity index (χ3v) is 2.95. The van der Waals surface area contributed by atoms with E-state index in [-0.39, 0.29) is 11.5 Å². The highest BCUT2D eigenvalue weighted by atomic mass is 16.5. The van der Waals surface area contributed by atoms with Crippen molar-refractivity contribution >= 4 is 0 Å². The highest BCUT2D eigenvalue weighted by Crippen LogP contribution is 2.30. The van der Waals surface area contributed by atoms with Gasteiger partial charge in [0.05, 0.1) is 18.6 Å². The molecule has 84 valence electrons. The highest BCUT2D eigenvalue weighted by molar-refractivity contribution is 5.11. The smallest absolute Gasteiger partial charge is 0.236 e. The summed E-state index contributed by atoms with van der Waals surface area (Å²) >= 11 is 0. The van der Waals surface area contributed by atoms with Gasteiger partial charge in [-0.1, -0.05) is 12.1 Å². The van der Waals surface area contributed by atoms with Gasteiger partial charge in [0.25, 0.3) is 0 Å². The van der Waals surface area contributed by atoms with Crippen molar-refractivity contribution < 1.29 is 9.26 Å². The average molecular weight is 211 g/mol. The van der Waals surface area contributed by atoms with Crippen LogP contribution in [-0.2, 0) is 16.6 Å². The minimum Gasteiger partial charge on any atom is -0.379 e. The molecule has 2 N–H and O–H groups in total. The average Bonchev–Trinajstić information content (AvgIpc) is 2.77. The van der Waals surface area contributed by atoms with Crippen molar-refractivity contribution in [2.45, 2.75) is 38.1 Å². The predicted molar refractivity (Wildman–Crippen MR) is 54.4 cm³/mol. The van der Waals surface area contributed by atoms with Crippen molar-refractivity contribution in [3.05, 3.63) is 11.7 Å². The molecule has 0 bridgehead atoms. The Balaban J connectivity index is 2.21. The fourth-order valence-corrected chi connectivity index (χ4v) is 1.72. The molecule has 1 fully saturated rings. The van der Waals surface area contributed by atoms with Gasteiger partial charge >= 0.3 is 0 Å². The molecule has 1 aromatic heterocycles. The Bertz CT molecular complexity index is 339. The SMILES string of the molecule is CCCc1noc(C2(C)COCC2N)n1. The maximum atomic E-state index is 5.98. The molecule has 1 saturated heterocycles. The van der Waals surface area contributed by atoms with Crippen molar-refractivity contribution in [2.75, 3.05) is 13.2 Å². The first kappa shape index (κ1) is 10.6. The van der Waals surface area contributed by atoms with Crippen LogP contribution in [0.1, 0.15) is 32.0 Å². The molecule has 0 amide bonds. The first-order valence-corrected chi connectivity index (χ1v) is 5.33. The second-order valence-corrected chi connectivity index (χ2v) is 4.30. The summed E-state index contributed by atoms with van der Waals surface area (Å²) in [5.41, 5.74) is 5.66. The van der Waals surface area contributed by atoms with Crippen molar-refractivity contribution in [1.82, 2.24) is 10.1 Å². The van der Waals surface area contributed by atoms with Gasteiger partial charge in [-0.2, -0.15) is 4.98 Å².